The number of nitrogens with one attached hydrogen (secondary N) is 1. The van der Waals surface area contributed by atoms with Gasteiger partial charge in [-0.15, -0.1) is 6.42 Å². The lowest BCUT2D eigenvalue weighted by molar-refractivity contribution is -0.0846. The maximum absolute atomic E-state index is 11.0. The Balaban J connectivity index is 1.48. The second kappa shape index (κ2) is 4.76. The van der Waals surface area contributed by atoms with Crippen LogP contribution in [-0.4, -0.2) is 20.9 Å². The van der Waals surface area contributed by atoms with Crippen molar-refractivity contribution in [2.24, 2.45) is 29.1 Å². The van der Waals surface area contributed by atoms with Crippen molar-refractivity contribution >= 4 is 6.08 Å². The van der Waals surface area contributed by atoms with Gasteiger partial charge in [0.15, 0.2) is 0 Å². The maximum atomic E-state index is 11.0. The van der Waals surface area contributed by atoms with Gasteiger partial charge in [0.2, 0.25) is 0 Å². The highest BCUT2D eigenvalue weighted by molar-refractivity contribution is 5.57. The van der Waals surface area contributed by atoms with Gasteiger partial charge in [0.1, 0.15) is 5.60 Å². The molecule has 1 aromatic rings. The highest BCUT2D eigenvalue weighted by Gasteiger charge is 2.61. The molecule has 24 heavy (non-hydrogen) atoms. The molecule has 2 N–H and O–H groups in total. The Labute approximate surface area is 143 Å². The summed E-state index contributed by atoms with van der Waals surface area (Å²) in [4.78, 5) is 0. The van der Waals surface area contributed by atoms with Crippen molar-refractivity contribution in [3.05, 3.63) is 23.0 Å². The van der Waals surface area contributed by atoms with Crippen LogP contribution in [0.1, 0.15) is 56.7 Å². The molecule has 1 aromatic heterocycles. The zero-order valence-electron chi connectivity index (χ0n) is 14.4. The summed E-state index contributed by atoms with van der Waals surface area (Å²) in [5.74, 6) is 5.52. The van der Waals surface area contributed by atoms with Crippen molar-refractivity contribution in [1.82, 2.24) is 10.2 Å². The lowest BCUT2D eigenvalue weighted by atomic mass is 9.50. The number of hydrogen-bond acceptors (Lipinski definition) is 2. The van der Waals surface area contributed by atoms with E-state index >= 15 is 0 Å². The fraction of sp³-hybridized carbons (Fsp3) is 0.667. The zero-order chi connectivity index (χ0) is 16.5. The van der Waals surface area contributed by atoms with Crippen LogP contribution in [0.25, 0.3) is 6.08 Å². The molecule has 0 radical (unpaired) electrons. The molecular formula is C21H26N2O. The molecule has 0 spiro atoms. The van der Waals surface area contributed by atoms with E-state index in [1.165, 1.54) is 30.5 Å². The number of hydrogen-bond donors (Lipinski definition) is 2. The van der Waals surface area contributed by atoms with Gasteiger partial charge in [0, 0.05) is 5.41 Å². The van der Waals surface area contributed by atoms with Crippen LogP contribution in [0.2, 0.25) is 0 Å². The van der Waals surface area contributed by atoms with Crippen LogP contribution >= 0.6 is 0 Å². The standard InChI is InChI=1S/C21H26N2O/c1-3-21(24)9-7-18-16-5-4-13-11-19-14(12-22-23-19)10-17(13)15(16)6-8-20(18,21)2/h1,11-12,15-18,24H,4-10H2,2H3,(H,22,23)/t15-,16+,17-,18-,20-,21-/m0/s1. The number of aromatic amines is 1. The smallest absolute Gasteiger partial charge is 0.130 e. The lowest BCUT2D eigenvalue weighted by Gasteiger charge is -2.54. The largest absolute Gasteiger partial charge is 0.377 e. The first kappa shape index (κ1) is 14.8. The number of aromatic nitrogens is 2. The fourth-order valence-corrected chi connectivity index (χ4v) is 6.77. The van der Waals surface area contributed by atoms with Crippen LogP contribution in [0.5, 0.6) is 0 Å². The first-order valence-corrected chi connectivity index (χ1v) is 9.48. The summed E-state index contributed by atoms with van der Waals surface area (Å²) in [5.41, 5.74) is 3.26. The topological polar surface area (TPSA) is 48.9 Å². The Bertz CT molecular complexity index is 756. The zero-order valence-corrected chi connectivity index (χ0v) is 14.4. The Kier molecular flexibility index (Phi) is 2.93. The molecule has 6 atom stereocenters. The monoisotopic (exact) mass is 322 g/mol. The molecule has 0 aliphatic heterocycles. The van der Waals surface area contributed by atoms with Crippen LogP contribution in [0, 0.1) is 41.4 Å². The molecule has 3 saturated carbocycles. The van der Waals surface area contributed by atoms with Crippen molar-refractivity contribution in [2.75, 3.05) is 0 Å². The van der Waals surface area contributed by atoms with Gasteiger partial charge < -0.3 is 5.11 Å². The van der Waals surface area contributed by atoms with Crippen LogP contribution < -0.4 is 0 Å². The van der Waals surface area contributed by atoms with Crippen LogP contribution in [0.4, 0.5) is 0 Å². The van der Waals surface area contributed by atoms with Crippen molar-refractivity contribution in [1.29, 1.82) is 0 Å². The van der Waals surface area contributed by atoms with Crippen molar-refractivity contribution < 1.29 is 5.11 Å². The molecule has 4 aliphatic carbocycles. The molecule has 1 heterocycles. The number of rotatable bonds is 0. The van der Waals surface area contributed by atoms with E-state index in [9.17, 15) is 5.11 Å². The van der Waals surface area contributed by atoms with E-state index in [-0.39, 0.29) is 5.41 Å². The van der Waals surface area contributed by atoms with E-state index in [1.807, 2.05) is 6.20 Å². The summed E-state index contributed by atoms with van der Waals surface area (Å²) in [6, 6.07) is 0. The van der Waals surface area contributed by atoms with Crippen molar-refractivity contribution in [3.63, 3.8) is 0 Å². The number of nitrogens with zero attached hydrogens (tertiary/aromatic N) is 1. The number of fused-ring (bicyclic) bond motifs is 6. The molecular weight excluding hydrogens is 296 g/mol. The number of H-pyrrole nitrogens is 1. The fourth-order valence-electron chi connectivity index (χ4n) is 6.77. The van der Waals surface area contributed by atoms with Crippen molar-refractivity contribution in [3.8, 4) is 12.3 Å². The molecule has 3 heteroatoms. The Morgan fingerprint density at radius 2 is 2.17 bits per heavy atom. The molecule has 0 unspecified atom stereocenters. The van der Waals surface area contributed by atoms with Crippen LogP contribution in [0.3, 0.4) is 0 Å². The van der Waals surface area contributed by atoms with Crippen LogP contribution in [-0.2, 0) is 6.42 Å². The number of aliphatic hydroxyl groups is 1. The first-order chi connectivity index (χ1) is 11.6. The van der Waals surface area contributed by atoms with E-state index in [2.05, 4.69) is 29.1 Å². The highest BCUT2D eigenvalue weighted by atomic mass is 16.3. The molecule has 0 amide bonds. The molecule has 5 rings (SSSR count). The first-order valence-electron chi connectivity index (χ1n) is 9.48. The van der Waals surface area contributed by atoms with E-state index in [4.69, 9.17) is 6.42 Å². The quantitative estimate of drug-likeness (QED) is 0.718. The minimum Gasteiger partial charge on any atom is -0.377 e. The average molecular weight is 322 g/mol. The Hall–Kier alpha value is -1.53. The maximum Gasteiger partial charge on any atom is 0.130 e. The summed E-state index contributed by atoms with van der Waals surface area (Å²) in [6.07, 6.45) is 17.9. The average Bonchev–Trinajstić information content (AvgIpc) is 3.15. The van der Waals surface area contributed by atoms with Gasteiger partial charge in [0.05, 0.1) is 11.9 Å². The third-order valence-corrected chi connectivity index (χ3v) is 8.16. The molecule has 0 saturated heterocycles. The third kappa shape index (κ3) is 1.70. The summed E-state index contributed by atoms with van der Waals surface area (Å²) >= 11 is 0. The van der Waals surface area contributed by atoms with Gasteiger partial charge in [-0.1, -0.05) is 18.4 Å². The Morgan fingerprint density at radius 3 is 3.00 bits per heavy atom. The summed E-state index contributed by atoms with van der Waals surface area (Å²) in [6.45, 7) is 2.27. The lowest BCUT2D eigenvalue weighted by Crippen LogP contribution is -2.52. The van der Waals surface area contributed by atoms with Gasteiger partial charge in [-0.05, 0) is 80.3 Å². The predicted molar refractivity (Wildman–Crippen MR) is 93.8 cm³/mol. The summed E-state index contributed by atoms with van der Waals surface area (Å²) in [5, 5.41) is 18.4. The van der Waals surface area contributed by atoms with E-state index in [0.29, 0.717) is 11.8 Å². The number of allylic oxidation sites excluding steroid dienone is 1. The molecule has 3 fully saturated rings. The van der Waals surface area contributed by atoms with Gasteiger partial charge in [-0.2, -0.15) is 5.10 Å². The van der Waals surface area contributed by atoms with E-state index < -0.39 is 5.60 Å². The second-order valence-electron chi connectivity index (χ2n) is 8.81. The molecule has 126 valence electrons. The minimum absolute atomic E-state index is 0.0837. The second-order valence-corrected chi connectivity index (χ2v) is 8.81. The van der Waals surface area contributed by atoms with Gasteiger partial charge in [-0.25, -0.2) is 0 Å². The molecule has 0 bridgehead atoms. The summed E-state index contributed by atoms with van der Waals surface area (Å²) in [7, 11) is 0. The highest BCUT2D eigenvalue weighted by Crippen LogP contribution is 2.64. The van der Waals surface area contributed by atoms with Gasteiger partial charge in [-0.3, -0.25) is 5.10 Å². The minimum atomic E-state index is -0.886. The number of terminal acetylenes is 1. The normalized spacial score (nSPS) is 46.1. The SMILES string of the molecule is C#C[C@]1(O)CC[C@H]2[C@@H]3CCC4=Cc5[nH]ncc5C[C@@H]4[C@H]3CC[C@@]21C. The predicted octanol–water partition coefficient (Wildman–Crippen LogP) is 3.57. The Morgan fingerprint density at radius 1 is 1.29 bits per heavy atom. The molecule has 3 nitrogen and oxygen atoms in total. The van der Waals surface area contributed by atoms with E-state index in [1.54, 1.807) is 5.57 Å². The van der Waals surface area contributed by atoms with E-state index in [0.717, 1.165) is 37.5 Å². The molecule has 4 aliphatic rings. The van der Waals surface area contributed by atoms with Crippen molar-refractivity contribution in [2.45, 2.75) is 57.5 Å². The molecule has 0 aromatic carbocycles. The summed E-state index contributed by atoms with van der Waals surface area (Å²) < 4.78 is 0. The van der Waals surface area contributed by atoms with Crippen LogP contribution in [0.15, 0.2) is 11.8 Å². The van der Waals surface area contributed by atoms with Gasteiger partial charge >= 0.3 is 0 Å². The third-order valence-electron chi connectivity index (χ3n) is 8.16. The van der Waals surface area contributed by atoms with Gasteiger partial charge in [0.25, 0.3) is 0 Å².